The number of aromatic nitrogens is 6. The number of nitrogens with one attached hydrogen (secondary N) is 1. The number of nitrogens with zero attached hydrogens (tertiary/aromatic N) is 6. The fourth-order valence-corrected chi connectivity index (χ4v) is 4.88. The van der Waals surface area contributed by atoms with Gasteiger partial charge >= 0.3 is 0 Å². The molecule has 0 saturated carbocycles. The van der Waals surface area contributed by atoms with Gasteiger partial charge in [0, 0.05) is 37.2 Å². The second-order valence-electron chi connectivity index (χ2n) is 9.64. The van der Waals surface area contributed by atoms with E-state index >= 15 is 4.39 Å². The van der Waals surface area contributed by atoms with Gasteiger partial charge in [-0.15, -0.1) is 5.10 Å². The third-order valence-corrected chi connectivity index (χ3v) is 6.89. The summed E-state index contributed by atoms with van der Waals surface area (Å²) in [7, 11) is 1.79. The van der Waals surface area contributed by atoms with E-state index in [1.807, 2.05) is 37.6 Å². The zero-order valence-electron chi connectivity index (χ0n) is 22.4. The van der Waals surface area contributed by atoms with Crippen molar-refractivity contribution in [2.24, 2.45) is 7.05 Å². The lowest BCUT2D eigenvalue weighted by atomic mass is 10.0. The van der Waals surface area contributed by atoms with Crippen molar-refractivity contribution in [1.29, 1.82) is 0 Å². The van der Waals surface area contributed by atoms with E-state index in [-0.39, 0.29) is 24.6 Å². The maximum Gasteiger partial charge on any atom is 0.240 e. The van der Waals surface area contributed by atoms with Gasteiger partial charge in [-0.05, 0) is 45.5 Å². The van der Waals surface area contributed by atoms with Crippen LogP contribution in [0.4, 0.5) is 4.39 Å². The molecule has 0 aliphatic carbocycles. The van der Waals surface area contributed by atoms with Gasteiger partial charge in [0.2, 0.25) is 11.8 Å². The lowest BCUT2D eigenvalue weighted by Crippen LogP contribution is -2.35. The summed E-state index contributed by atoms with van der Waals surface area (Å²) in [6.45, 7) is 10.2. The number of rotatable bonds is 5. The minimum atomic E-state index is -0.387. The average molecular weight is 524 g/mol. The first-order chi connectivity index (χ1) is 18.3. The molecule has 2 atom stereocenters. The molecule has 0 fully saturated rings. The summed E-state index contributed by atoms with van der Waals surface area (Å²) in [5.41, 5.74) is 3.96. The summed E-state index contributed by atoms with van der Waals surface area (Å²) < 4.78 is 31.1. The van der Waals surface area contributed by atoms with Crippen molar-refractivity contribution in [1.82, 2.24) is 34.7 Å². The van der Waals surface area contributed by atoms with E-state index in [4.69, 9.17) is 14.6 Å². The Morgan fingerprint density at radius 2 is 2.08 bits per heavy atom. The van der Waals surface area contributed by atoms with Gasteiger partial charge in [-0.1, -0.05) is 6.92 Å². The van der Waals surface area contributed by atoms with Crippen LogP contribution in [0.2, 0.25) is 0 Å². The van der Waals surface area contributed by atoms with Gasteiger partial charge in [0.05, 0.1) is 53.5 Å². The molecule has 0 radical (unpaired) electrons. The third-order valence-electron chi connectivity index (χ3n) is 6.89. The summed E-state index contributed by atoms with van der Waals surface area (Å²) in [6, 6.07) is 2.99. The highest BCUT2D eigenvalue weighted by Gasteiger charge is 2.25. The molecule has 4 aromatic rings. The molecule has 38 heavy (non-hydrogen) atoms. The van der Waals surface area contributed by atoms with E-state index in [1.54, 1.807) is 24.0 Å². The Balaban J connectivity index is 1.73. The second kappa shape index (κ2) is 10.6. The summed E-state index contributed by atoms with van der Waals surface area (Å²) >= 11 is 0. The zero-order valence-corrected chi connectivity index (χ0v) is 22.4. The van der Waals surface area contributed by atoms with Crippen LogP contribution in [0, 0.1) is 5.82 Å². The number of likely N-dealkylation sites (N-methyl/N-ethyl adjacent to an activating group) is 1. The number of hydrogen-bond acceptors (Lipinski definition) is 7. The van der Waals surface area contributed by atoms with Crippen molar-refractivity contribution in [3.8, 4) is 22.9 Å². The van der Waals surface area contributed by atoms with Gasteiger partial charge in [0.25, 0.3) is 0 Å². The first-order valence-electron chi connectivity index (χ1n) is 13.0. The Morgan fingerprint density at radius 1 is 1.26 bits per heavy atom. The Labute approximate surface area is 220 Å². The average Bonchev–Trinajstić information content (AvgIpc) is 3.56. The summed E-state index contributed by atoms with van der Waals surface area (Å²) in [5, 5.41) is 27.2. The van der Waals surface area contributed by atoms with Crippen LogP contribution in [0.15, 0.2) is 18.3 Å². The molecule has 4 heterocycles. The monoisotopic (exact) mass is 523 g/mol. The number of aromatic amines is 1. The van der Waals surface area contributed by atoms with Crippen LogP contribution in [-0.2, 0) is 13.6 Å². The van der Waals surface area contributed by atoms with Gasteiger partial charge in [-0.25, -0.2) is 9.07 Å². The van der Waals surface area contributed by atoms with Crippen molar-refractivity contribution in [2.75, 3.05) is 26.3 Å². The number of aliphatic hydroxyl groups is 1. The van der Waals surface area contributed by atoms with Crippen molar-refractivity contribution in [3.63, 3.8) is 0 Å². The number of hydrogen-bond donors (Lipinski definition) is 2. The zero-order chi connectivity index (χ0) is 27.0. The highest BCUT2D eigenvalue weighted by atomic mass is 19.1. The van der Waals surface area contributed by atoms with E-state index in [0.717, 1.165) is 23.2 Å². The molecule has 10 nitrogen and oxygen atoms in total. The molecule has 2 bridgehead atoms. The fourth-order valence-electron chi connectivity index (χ4n) is 4.88. The minimum Gasteiger partial charge on any atom is -0.476 e. The van der Waals surface area contributed by atoms with E-state index in [2.05, 4.69) is 27.1 Å². The highest BCUT2D eigenvalue weighted by Crippen LogP contribution is 2.36. The maximum atomic E-state index is 15.3. The molecule has 1 aliphatic heterocycles. The molecule has 202 valence electrons. The normalized spacial score (nSPS) is 17.9. The quantitative estimate of drug-likeness (QED) is 0.407. The molecule has 1 aliphatic rings. The smallest absolute Gasteiger partial charge is 0.240 e. The standard InChI is InChI=1S/C27H34FN7O3/c1-6-34-13-17(4)38-27-21(12-29-33(27)5)19-10-20-23(30-31-24(20)11-22(19)28)9-8-18-25(14-34)35(16(3)15-36)32-26(18)37-7-2/h8-12,16-17,36H,6-7,13-15H2,1-5H3,(H,30,31)/b9-8+/t16-,17+/m0/s1. The molecular formula is C27H34FN7O3. The second-order valence-corrected chi connectivity index (χ2v) is 9.64. The summed E-state index contributed by atoms with van der Waals surface area (Å²) in [5.74, 6) is 0.608. The van der Waals surface area contributed by atoms with E-state index in [1.165, 1.54) is 6.07 Å². The number of fused-ring (bicyclic) bond motifs is 4. The predicted octanol–water partition coefficient (Wildman–Crippen LogP) is 4.02. The molecule has 1 aromatic carbocycles. The maximum absolute atomic E-state index is 15.3. The molecule has 11 heteroatoms. The molecule has 0 unspecified atom stereocenters. The van der Waals surface area contributed by atoms with Gasteiger partial charge in [-0.2, -0.15) is 10.2 Å². The highest BCUT2D eigenvalue weighted by molar-refractivity contribution is 5.93. The predicted molar refractivity (Wildman–Crippen MR) is 143 cm³/mol. The molecule has 3 aromatic heterocycles. The first-order valence-corrected chi connectivity index (χ1v) is 13.0. The van der Waals surface area contributed by atoms with Gasteiger partial charge in [0.1, 0.15) is 11.9 Å². The van der Waals surface area contributed by atoms with Crippen molar-refractivity contribution in [3.05, 3.63) is 41.1 Å². The number of aliphatic hydroxyl groups excluding tert-OH is 1. The van der Waals surface area contributed by atoms with Gasteiger partial charge in [0.15, 0.2) is 0 Å². The Hall–Kier alpha value is -3.70. The Bertz CT molecular complexity index is 1470. The van der Waals surface area contributed by atoms with Gasteiger partial charge in [-0.3, -0.25) is 14.7 Å². The van der Waals surface area contributed by atoms with Crippen molar-refractivity contribution in [2.45, 2.75) is 46.4 Å². The lowest BCUT2D eigenvalue weighted by molar-refractivity contribution is 0.132. The number of halogens is 1. The third kappa shape index (κ3) is 4.67. The van der Waals surface area contributed by atoms with E-state index < -0.39 is 0 Å². The van der Waals surface area contributed by atoms with Crippen LogP contribution in [0.3, 0.4) is 0 Å². The van der Waals surface area contributed by atoms with Crippen LogP contribution in [0.25, 0.3) is 34.2 Å². The number of benzene rings is 1. The van der Waals surface area contributed by atoms with Crippen molar-refractivity contribution < 1.29 is 19.0 Å². The molecule has 0 saturated heterocycles. The SMILES string of the molecule is CCOc1nn([C@@H](C)CO)c2c1/C=C/c1n[nH]c3cc(F)c(cc13)-c1cnn(C)c1O[C@H](C)CN(CC)C2. The molecule has 0 spiro atoms. The van der Waals surface area contributed by atoms with Gasteiger partial charge < -0.3 is 14.6 Å². The van der Waals surface area contributed by atoms with Crippen LogP contribution in [0.1, 0.15) is 50.7 Å². The van der Waals surface area contributed by atoms with E-state index in [0.29, 0.717) is 53.8 Å². The van der Waals surface area contributed by atoms with Crippen LogP contribution >= 0.6 is 0 Å². The van der Waals surface area contributed by atoms with E-state index in [9.17, 15) is 5.11 Å². The number of aryl methyl sites for hydroxylation is 1. The Morgan fingerprint density at radius 3 is 2.82 bits per heavy atom. The van der Waals surface area contributed by atoms with Crippen LogP contribution in [-0.4, -0.2) is 72.2 Å². The molecule has 0 amide bonds. The largest absolute Gasteiger partial charge is 0.476 e. The summed E-state index contributed by atoms with van der Waals surface area (Å²) in [4.78, 5) is 2.25. The topological polar surface area (TPSA) is 106 Å². The molecule has 5 rings (SSSR count). The van der Waals surface area contributed by atoms with Crippen LogP contribution < -0.4 is 9.47 Å². The Kier molecular flexibility index (Phi) is 7.22. The summed E-state index contributed by atoms with van der Waals surface area (Å²) in [6.07, 6.45) is 5.24. The fraction of sp³-hybridized carbons (Fsp3) is 0.444. The lowest BCUT2D eigenvalue weighted by Gasteiger charge is -2.26. The van der Waals surface area contributed by atoms with Crippen molar-refractivity contribution >= 4 is 23.1 Å². The molecule has 2 N–H and O–H groups in total. The first kappa shape index (κ1) is 25.9. The number of H-pyrrole nitrogens is 1. The van der Waals surface area contributed by atoms with Crippen LogP contribution in [0.5, 0.6) is 11.8 Å². The minimum absolute atomic E-state index is 0.0589. The number of ether oxygens (including phenoxy) is 2. The molecular weight excluding hydrogens is 489 g/mol.